The molecule has 15 heavy (non-hydrogen) atoms. The van der Waals surface area contributed by atoms with Gasteiger partial charge < -0.3 is 9.47 Å². The van der Waals surface area contributed by atoms with E-state index < -0.39 is 11.7 Å². The van der Waals surface area contributed by atoms with Crippen LogP contribution in [0.15, 0.2) is 23.5 Å². The van der Waals surface area contributed by atoms with Crippen molar-refractivity contribution in [3.63, 3.8) is 0 Å². The average Bonchev–Trinajstić information content (AvgIpc) is 2.47. The Hall–Kier alpha value is -1.42. The second-order valence-electron chi connectivity index (χ2n) is 3.86. The Balaban J connectivity index is 2.50. The first-order chi connectivity index (χ1) is 6.98. The van der Waals surface area contributed by atoms with Crippen LogP contribution in [-0.2, 0) is 19.1 Å². The number of carbonyl (C=O) groups is 2. The molecular formula is C11H12O4. The molecule has 0 fully saturated rings. The van der Waals surface area contributed by atoms with Gasteiger partial charge in [-0.25, -0.2) is 0 Å². The van der Waals surface area contributed by atoms with Gasteiger partial charge in [-0.05, 0) is 26.0 Å². The van der Waals surface area contributed by atoms with Gasteiger partial charge in [-0.1, -0.05) is 0 Å². The van der Waals surface area contributed by atoms with Gasteiger partial charge in [-0.2, -0.15) is 0 Å². The first kappa shape index (κ1) is 10.1. The lowest BCUT2D eigenvalue weighted by molar-refractivity contribution is -0.133. The monoisotopic (exact) mass is 208 g/mol. The van der Waals surface area contributed by atoms with E-state index in [1.165, 1.54) is 14.0 Å². The van der Waals surface area contributed by atoms with Crippen LogP contribution in [0.1, 0.15) is 13.8 Å². The molecule has 0 aromatic carbocycles. The Morgan fingerprint density at radius 2 is 2.27 bits per heavy atom. The Kier molecular flexibility index (Phi) is 2.04. The third kappa shape index (κ3) is 1.33. The molecule has 2 heterocycles. The molecule has 0 radical (unpaired) electrons. The molecule has 2 rings (SSSR count). The lowest BCUT2D eigenvalue weighted by Gasteiger charge is -2.28. The summed E-state index contributed by atoms with van der Waals surface area (Å²) in [5, 5.41) is 0. The predicted molar refractivity (Wildman–Crippen MR) is 52.1 cm³/mol. The Bertz CT molecular complexity index is 405. The van der Waals surface area contributed by atoms with E-state index in [9.17, 15) is 9.59 Å². The number of carbonyl (C=O) groups excluding carboxylic acids is 2. The molecule has 0 aromatic rings. The van der Waals surface area contributed by atoms with E-state index in [2.05, 4.69) is 0 Å². The van der Waals surface area contributed by atoms with E-state index in [4.69, 9.17) is 9.47 Å². The van der Waals surface area contributed by atoms with E-state index in [1.54, 1.807) is 19.1 Å². The third-order valence-electron chi connectivity index (χ3n) is 2.73. The summed E-state index contributed by atoms with van der Waals surface area (Å²) in [5.41, 5.74) is -0.289. The molecule has 2 aliphatic rings. The van der Waals surface area contributed by atoms with Crippen LogP contribution in [0, 0.1) is 0 Å². The number of hydrogen-bond acceptors (Lipinski definition) is 4. The van der Waals surface area contributed by atoms with E-state index in [-0.39, 0.29) is 17.3 Å². The summed E-state index contributed by atoms with van der Waals surface area (Å²) in [5.74, 6) is -0.0473. The summed E-state index contributed by atoms with van der Waals surface area (Å²) >= 11 is 0. The highest BCUT2D eigenvalue weighted by Gasteiger charge is 2.47. The molecule has 4 nitrogen and oxygen atoms in total. The minimum absolute atomic E-state index is 0.0820. The highest BCUT2D eigenvalue weighted by molar-refractivity contribution is 6.05. The van der Waals surface area contributed by atoms with Crippen molar-refractivity contribution in [2.24, 2.45) is 0 Å². The normalized spacial score (nSPS) is 33.5. The van der Waals surface area contributed by atoms with Crippen molar-refractivity contribution in [1.29, 1.82) is 0 Å². The van der Waals surface area contributed by atoms with Crippen LogP contribution in [0.5, 0.6) is 0 Å². The van der Waals surface area contributed by atoms with Gasteiger partial charge in [0.05, 0.1) is 7.11 Å². The summed E-state index contributed by atoms with van der Waals surface area (Å²) < 4.78 is 10.4. The van der Waals surface area contributed by atoms with Crippen molar-refractivity contribution in [1.82, 2.24) is 0 Å². The number of Topliss-reactive ketones (excluding diaryl/α,β-unsaturated/α-hetero) is 2. The molecule has 2 bridgehead atoms. The fourth-order valence-electron chi connectivity index (χ4n) is 2.01. The lowest BCUT2D eigenvalue weighted by Crippen LogP contribution is -2.37. The number of methoxy groups -OCH3 is 1. The Morgan fingerprint density at radius 1 is 1.60 bits per heavy atom. The number of rotatable bonds is 2. The van der Waals surface area contributed by atoms with Crippen molar-refractivity contribution in [3.05, 3.63) is 23.5 Å². The van der Waals surface area contributed by atoms with E-state index in [1.807, 2.05) is 0 Å². The summed E-state index contributed by atoms with van der Waals surface area (Å²) in [4.78, 5) is 23.0. The molecule has 0 saturated carbocycles. The van der Waals surface area contributed by atoms with Gasteiger partial charge in [0.2, 0.25) is 5.78 Å². The molecule has 0 aromatic heterocycles. The minimum Gasteiger partial charge on any atom is -0.493 e. The maximum absolute atomic E-state index is 11.7. The van der Waals surface area contributed by atoms with Crippen LogP contribution in [0.4, 0.5) is 0 Å². The maximum Gasteiger partial charge on any atom is 0.229 e. The smallest absolute Gasteiger partial charge is 0.229 e. The van der Waals surface area contributed by atoms with Crippen molar-refractivity contribution in [2.45, 2.75) is 25.6 Å². The molecule has 0 N–H and O–H groups in total. The minimum atomic E-state index is -0.810. The zero-order valence-corrected chi connectivity index (χ0v) is 8.87. The Morgan fingerprint density at radius 3 is 2.80 bits per heavy atom. The summed E-state index contributed by atoms with van der Waals surface area (Å²) in [6.07, 6.45) is 2.47. The van der Waals surface area contributed by atoms with Crippen LogP contribution in [0.25, 0.3) is 0 Å². The highest BCUT2D eigenvalue weighted by atomic mass is 16.5. The number of fused-ring (bicyclic) bond motifs is 2. The van der Waals surface area contributed by atoms with E-state index >= 15 is 0 Å². The second kappa shape index (κ2) is 3.03. The molecule has 80 valence electrons. The van der Waals surface area contributed by atoms with E-state index in [0.717, 1.165) is 0 Å². The number of ether oxygens (including phenoxy) is 2. The first-order valence-corrected chi connectivity index (χ1v) is 4.70. The molecule has 2 unspecified atom stereocenters. The van der Waals surface area contributed by atoms with Gasteiger partial charge in [0.1, 0.15) is 11.7 Å². The molecule has 2 atom stereocenters. The van der Waals surface area contributed by atoms with Gasteiger partial charge in [0.25, 0.3) is 0 Å². The predicted octanol–water partition coefficient (Wildman–Crippen LogP) is 0.772. The van der Waals surface area contributed by atoms with Crippen molar-refractivity contribution >= 4 is 11.6 Å². The Labute approximate surface area is 87.5 Å². The number of hydrogen-bond donors (Lipinski definition) is 0. The van der Waals surface area contributed by atoms with Crippen LogP contribution in [-0.4, -0.2) is 30.4 Å². The second-order valence-corrected chi connectivity index (χ2v) is 3.86. The number of ketones is 2. The zero-order chi connectivity index (χ0) is 11.2. The van der Waals surface area contributed by atoms with Crippen LogP contribution in [0.3, 0.4) is 0 Å². The van der Waals surface area contributed by atoms with Crippen LogP contribution >= 0.6 is 0 Å². The summed E-state index contributed by atoms with van der Waals surface area (Å²) in [6.45, 7) is 3.22. The van der Waals surface area contributed by atoms with E-state index in [0.29, 0.717) is 5.57 Å². The van der Waals surface area contributed by atoms with Crippen molar-refractivity contribution < 1.29 is 19.1 Å². The highest BCUT2D eigenvalue weighted by Crippen LogP contribution is 2.38. The van der Waals surface area contributed by atoms with Crippen molar-refractivity contribution in [2.75, 3.05) is 7.11 Å². The molecule has 0 amide bonds. The molecular weight excluding hydrogens is 196 g/mol. The standard InChI is InChI=1S/C11H12O4/c1-6(12)7-4-8-10(13)9(14-3)5-11(7,2)15-8/h4-5,8H,1-3H3. The molecule has 0 aliphatic carbocycles. The topological polar surface area (TPSA) is 52.6 Å². The van der Waals surface area contributed by atoms with Gasteiger partial charge in [-0.15, -0.1) is 0 Å². The molecule has 2 aliphatic heterocycles. The van der Waals surface area contributed by atoms with Gasteiger partial charge in [-0.3, -0.25) is 9.59 Å². The summed E-state index contributed by atoms with van der Waals surface area (Å²) in [6, 6.07) is 0. The quantitative estimate of drug-likeness (QED) is 0.672. The largest absolute Gasteiger partial charge is 0.493 e. The zero-order valence-electron chi connectivity index (χ0n) is 8.87. The van der Waals surface area contributed by atoms with Crippen molar-refractivity contribution in [3.8, 4) is 0 Å². The molecule has 0 saturated heterocycles. The maximum atomic E-state index is 11.7. The first-order valence-electron chi connectivity index (χ1n) is 4.70. The third-order valence-corrected chi connectivity index (χ3v) is 2.73. The SMILES string of the molecule is COC1=CC2(C)OC(C=C2C(C)=O)C1=O. The van der Waals surface area contributed by atoms with Crippen LogP contribution < -0.4 is 0 Å². The fourth-order valence-corrected chi connectivity index (χ4v) is 2.01. The van der Waals surface area contributed by atoms with Gasteiger partial charge in [0, 0.05) is 5.57 Å². The molecule has 0 spiro atoms. The fraction of sp³-hybridized carbons (Fsp3) is 0.455. The lowest BCUT2D eigenvalue weighted by atomic mass is 9.93. The van der Waals surface area contributed by atoms with Gasteiger partial charge in [0.15, 0.2) is 11.5 Å². The summed E-state index contributed by atoms with van der Waals surface area (Å²) in [7, 11) is 1.44. The molecule has 4 heteroatoms. The average molecular weight is 208 g/mol. The van der Waals surface area contributed by atoms with Gasteiger partial charge >= 0.3 is 0 Å². The van der Waals surface area contributed by atoms with Crippen LogP contribution in [0.2, 0.25) is 0 Å².